The number of aromatic nitrogens is 1. The Morgan fingerprint density at radius 1 is 1.26 bits per heavy atom. The second-order valence-electron chi connectivity index (χ2n) is 9.04. The van der Waals surface area contributed by atoms with E-state index in [9.17, 15) is 9.59 Å². The lowest BCUT2D eigenvalue weighted by molar-refractivity contribution is -0.134. The standard InChI is InChI=1S/C27H28ClN3O4/c1-34-19-7-8-22-20(14-19)18(15-30-22)10-11-29-26(32)17-6-9-24-23(12-17)31-27(33)25(35-24)13-16-4-2-3-5-21(16)28/h2-5,7-8,13-15,17,23-24,30H,6,9-12H2,1H3,(H,29,32)(H,31,33)/b25-13+. The highest BCUT2D eigenvalue weighted by molar-refractivity contribution is 6.32. The Morgan fingerprint density at radius 2 is 2.11 bits per heavy atom. The molecule has 182 valence electrons. The molecule has 8 heteroatoms. The van der Waals surface area contributed by atoms with Crippen molar-refractivity contribution in [1.82, 2.24) is 15.6 Å². The molecule has 2 fully saturated rings. The van der Waals surface area contributed by atoms with Crippen LogP contribution in [0.15, 0.2) is 54.4 Å². The number of halogens is 1. The number of methoxy groups -OCH3 is 1. The summed E-state index contributed by atoms with van der Waals surface area (Å²) in [5.74, 6) is 0.658. The van der Waals surface area contributed by atoms with Gasteiger partial charge in [-0.1, -0.05) is 29.8 Å². The number of carbonyl (C=O) groups is 2. The minimum Gasteiger partial charge on any atom is -0.497 e. The van der Waals surface area contributed by atoms with Crippen molar-refractivity contribution >= 4 is 40.4 Å². The lowest BCUT2D eigenvalue weighted by Crippen LogP contribution is -2.54. The number of nitrogens with one attached hydrogen (secondary N) is 3. The fraction of sp³-hybridized carbons (Fsp3) is 0.333. The highest BCUT2D eigenvalue weighted by Gasteiger charge is 2.40. The Bertz CT molecular complexity index is 1280. The van der Waals surface area contributed by atoms with Crippen LogP contribution in [-0.4, -0.2) is 42.6 Å². The van der Waals surface area contributed by atoms with Crippen molar-refractivity contribution in [2.24, 2.45) is 5.92 Å². The fourth-order valence-corrected chi connectivity index (χ4v) is 5.11. The third kappa shape index (κ3) is 5.00. The number of hydrogen-bond acceptors (Lipinski definition) is 4. The van der Waals surface area contributed by atoms with E-state index in [-0.39, 0.29) is 35.6 Å². The highest BCUT2D eigenvalue weighted by atomic mass is 35.5. The maximum Gasteiger partial charge on any atom is 0.286 e. The van der Waals surface area contributed by atoms with E-state index in [2.05, 4.69) is 15.6 Å². The van der Waals surface area contributed by atoms with E-state index >= 15 is 0 Å². The third-order valence-electron chi connectivity index (χ3n) is 6.84. The molecule has 3 atom stereocenters. The number of hydrogen-bond donors (Lipinski definition) is 3. The van der Waals surface area contributed by atoms with Crippen LogP contribution in [0.4, 0.5) is 0 Å². The third-order valence-corrected chi connectivity index (χ3v) is 7.18. The van der Waals surface area contributed by atoms with Gasteiger partial charge in [0.1, 0.15) is 11.9 Å². The van der Waals surface area contributed by atoms with E-state index < -0.39 is 0 Å². The van der Waals surface area contributed by atoms with Crippen LogP contribution in [0.25, 0.3) is 17.0 Å². The van der Waals surface area contributed by atoms with Crippen LogP contribution >= 0.6 is 11.6 Å². The molecule has 1 aliphatic heterocycles. The van der Waals surface area contributed by atoms with Gasteiger partial charge in [0, 0.05) is 34.6 Å². The molecule has 0 spiro atoms. The van der Waals surface area contributed by atoms with Gasteiger partial charge in [0.15, 0.2) is 5.76 Å². The van der Waals surface area contributed by atoms with Crippen LogP contribution in [0.1, 0.15) is 30.4 Å². The van der Waals surface area contributed by atoms with Crippen LogP contribution in [0.2, 0.25) is 5.02 Å². The van der Waals surface area contributed by atoms with Gasteiger partial charge in [0.25, 0.3) is 5.91 Å². The maximum absolute atomic E-state index is 12.9. The topological polar surface area (TPSA) is 92.4 Å². The van der Waals surface area contributed by atoms with E-state index in [0.717, 1.165) is 27.8 Å². The first kappa shape index (κ1) is 23.3. The molecule has 3 unspecified atom stereocenters. The van der Waals surface area contributed by atoms with Crippen LogP contribution in [0.5, 0.6) is 5.75 Å². The minimum absolute atomic E-state index is 0.0209. The molecule has 1 aliphatic carbocycles. The lowest BCUT2D eigenvalue weighted by atomic mass is 9.82. The SMILES string of the molecule is COc1ccc2[nH]cc(CCNC(=O)C3CCC4O/C(=C/c5ccccc5Cl)C(=O)NC4C3)c2c1. The predicted molar refractivity (Wildman–Crippen MR) is 135 cm³/mol. The Hall–Kier alpha value is -3.45. The molecule has 0 bridgehead atoms. The molecule has 35 heavy (non-hydrogen) atoms. The summed E-state index contributed by atoms with van der Waals surface area (Å²) in [6.45, 7) is 0.543. The summed E-state index contributed by atoms with van der Waals surface area (Å²) in [5.41, 5.74) is 2.91. The summed E-state index contributed by atoms with van der Waals surface area (Å²) in [6, 6.07) is 13.0. The van der Waals surface area contributed by atoms with E-state index in [4.69, 9.17) is 21.1 Å². The highest BCUT2D eigenvalue weighted by Crippen LogP contribution is 2.32. The number of carbonyl (C=O) groups excluding carboxylic acids is 2. The molecule has 1 aromatic heterocycles. The van der Waals surface area contributed by atoms with Gasteiger partial charge in [-0.3, -0.25) is 9.59 Å². The van der Waals surface area contributed by atoms with Gasteiger partial charge in [-0.05, 0) is 67.2 Å². The molecular formula is C27H28ClN3O4. The van der Waals surface area contributed by atoms with E-state index in [1.165, 1.54) is 0 Å². The Labute approximate surface area is 208 Å². The summed E-state index contributed by atoms with van der Waals surface area (Å²) in [6.07, 6.45) is 6.20. The van der Waals surface area contributed by atoms with Crippen molar-refractivity contribution < 1.29 is 19.1 Å². The maximum atomic E-state index is 12.9. The van der Waals surface area contributed by atoms with E-state index in [1.807, 2.05) is 42.6 Å². The molecule has 1 saturated heterocycles. The summed E-state index contributed by atoms with van der Waals surface area (Å²) in [4.78, 5) is 28.8. The molecule has 2 aliphatic rings. The zero-order chi connectivity index (χ0) is 24.4. The van der Waals surface area contributed by atoms with Crippen molar-refractivity contribution in [3.05, 3.63) is 70.6 Å². The van der Waals surface area contributed by atoms with Gasteiger partial charge in [-0.2, -0.15) is 0 Å². The smallest absolute Gasteiger partial charge is 0.286 e. The number of aromatic amines is 1. The van der Waals surface area contributed by atoms with Gasteiger partial charge >= 0.3 is 0 Å². The first-order valence-electron chi connectivity index (χ1n) is 11.9. The van der Waals surface area contributed by atoms with E-state index in [1.54, 1.807) is 19.3 Å². The second kappa shape index (κ2) is 10.0. The van der Waals surface area contributed by atoms with Crippen LogP contribution in [0, 0.1) is 5.92 Å². The number of fused-ring (bicyclic) bond motifs is 2. The van der Waals surface area contributed by atoms with Gasteiger partial charge in [-0.25, -0.2) is 0 Å². The number of benzene rings is 2. The molecular weight excluding hydrogens is 466 g/mol. The second-order valence-corrected chi connectivity index (χ2v) is 9.45. The molecule has 2 aromatic carbocycles. The monoisotopic (exact) mass is 493 g/mol. The molecule has 5 rings (SSSR count). The average Bonchev–Trinajstić information content (AvgIpc) is 3.27. The zero-order valence-electron chi connectivity index (χ0n) is 19.5. The molecule has 1 saturated carbocycles. The number of morpholine rings is 1. The number of H-pyrrole nitrogens is 1. The summed E-state index contributed by atoms with van der Waals surface area (Å²) in [5, 5.41) is 7.77. The zero-order valence-corrected chi connectivity index (χ0v) is 20.2. The average molecular weight is 494 g/mol. The van der Waals surface area contributed by atoms with Gasteiger partial charge in [0.2, 0.25) is 5.91 Å². The van der Waals surface area contributed by atoms with Crippen molar-refractivity contribution in [2.75, 3.05) is 13.7 Å². The summed E-state index contributed by atoms with van der Waals surface area (Å²) >= 11 is 6.22. The van der Waals surface area contributed by atoms with Gasteiger partial charge in [0.05, 0.1) is 13.2 Å². The normalized spacial score (nSPS) is 22.9. The van der Waals surface area contributed by atoms with Crippen LogP contribution in [0.3, 0.4) is 0 Å². The van der Waals surface area contributed by atoms with Gasteiger partial charge in [-0.15, -0.1) is 0 Å². The van der Waals surface area contributed by atoms with Crippen LogP contribution < -0.4 is 15.4 Å². The molecule has 7 nitrogen and oxygen atoms in total. The van der Waals surface area contributed by atoms with Crippen molar-refractivity contribution in [3.63, 3.8) is 0 Å². The Balaban J connectivity index is 1.15. The number of amides is 2. The fourth-order valence-electron chi connectivity index (χ4n) is 4.92. The number of ether oxygens (including phenoxy) is 2. The minimum atomic E-state index is -0.276. The number of rotatable bonds is 6. The summed E-state index contributed by atoms with van der Waals surface area (Å²) < 4.78 is 11.4. The first-order chi connectivity index (χ1) is 17.0. The quantitative estimate of drug-likeness (QED) is 0.448. The first-order valence-corrected chi connectivity index (χ1v) is 12.2. The molecule has 2 heterocycles. The van der Waals surface area contributed by atoms with E-state index in [0.29, 0.717) is 37.3 Å². The van der Waals surface area contributed by atoms with Crippen molar-refractivity contribution in [3.8, 4) is 5.75 Å². The summed E-state index contributed by atoms with van der Waals surface area (Å²) in [7, 11) is 1.65. The predicted octanol–water partition coefficient (Wildman–Crippen LogP) is 4.21. The molecule has 3 N–H and O–H groups in total. The Kier molecular flexibility index (Phi) is 6.68. The largest absolute Gasteiger partial charge is 0.497 e. The Morgan fingerprint density at radius 3 is 2.94 bits per heavy atom. The van der Waals surface area contributed by atoms with Crippen molar-refractivity contribution in [1.29, 1.82) is 0 Å². The van der Waals surface area contributed by atoms with Gasteiger partial charge < -0.3 is 25.1 Å². The van der Waals surface area contributed by atoms with Crippen LogP contribution in [-0.2, 0) is 20.7 Å². The molecule has 3 aromatic rings. The molecule has 0 radical (unpaired) electrons. The molecule has 2 amide bonds. The van der Waals surface area contributed by atoms with Crippen molar-refractivity contribution in [2.45, 2.75) is 37.8 Å². The lowest BCUT2D eigenvalue weighted by Gasteiger charge is -2.39.